The molecule has 0 radical (unpaired) electrons. The number of phenolic OH excluding ortho intramolecular Hbond substituents is 2. The van der Waals surface area contributed by atoms with Crippen LogP contribution in [0.3, 0.4) is 0 Å². The Bertz CT molecular complexity index is 688. The van der Waals surface area contributed by atoms with Crippen molar-refractivity contribution in [3.63, 3.8) is 0 Å². The Morgan fingerprint density at radius 1 is 0.750 bits per heavy atom. The Hall–Kier alpha value is -2.50. The Labute approximate surface area is 193 Å². The van der Waals surface area contributed by atoms with Gasteiger partial charge in [-0.15, -0.1) is 0 Å². The molecule has 0 heterocycles. The number of carbonyl (C=O) groups excluding carboxylic acids is 2. The van der Waals surface area contributed by atoms with E-state index in [1.165, 1.54) is 88.8 Å². The van der Waals surface area contributed by atoms with Crippen molar-refractivity contribution < 1.29 is 19.8 Å². The smallest absolute Gasteiger partial charge is 0.313 e. The molecule has 0 unspecified atom stereocenters. The largest absolute Gasteiger partial charge is 0.504 e. The maximum absolute atomic E-state index is 11.8. The minimum Gasteiger partial charge on any atom is -0.504 e. The molecule has 0 aliphatic carbocycles. The van der Waals surface area contributed by atoms with Crippen LogP contribution in [0.2, 0.25) is 0 Å². The van der Waals surface area contributed by atoms with Gasteiger partial charge in [0.1, 0.15) is 0 Å². The van der Waals surface area contributed by atoms with Crippen molar-refractivity contribution in [3.05, 3.63) is 30.4 Å². The maximum atomic E-state index is 11.8. The average Bonchev–Trinajstić information content (AvgIpc) is 2.78. The first-order chi connectivity index (χ1) is 15.5. The summed E-state index contributed by atoms with van der Waals surface area (Å²) >= 11 is 0. The van der Waals surface area contributed by atoms with Crippen LogP contribution in [0.25, 0.3) is 0 Å². The predicted molar refractivity (Wildman–Crippen MR) is 131 cm³/mol. The van der Waals surface area contributed by atoms with Crippen LogP contribution in [-0.4, -0.2) is 28.6 Å². The molecule has 6 nitrogen and oxygen atoms in total. The van der Waals surface area contributed by atoms with E-state index in [2.05, 4.69) is 29.7 Å². The van der Waals surface area contributed by atoms with Crippen molar-refractivity contribution in [2.75, 3.05) is 11.9 Å². The molecular weight excluding hydrogens is 404 g/mol. The molecule has 2 amide bonds. The number of unbranched alkanes of at least 4 members (excludes halogenated alkanes) is 12. The molecule has 4 N–H and O–H groups in total. The zero-order valence-corrected chi connectivity index (χ0v) is 19.7. The van der Waals surface area contributed by atoms with Gasteiger partial charge in [0.25, 0.3) is 0 Å². The van der Waals surface area contributed by atoms with Crippen molar-refractivity contribution in [2.45, 2.75) is 96.8 Å². The van der Waals surface area contributed by atoms with Crippen LogP contribution in [0.4, 0.5) is 5.69 Å². The van der Waals surface area contributed by atoms with Gasteiger partial charge in [0, 0.05) is 18.3 Å². The molecule has 0 fully saturated rings. The topological polar surface area (TPSA) is 98.7 Å². The summed E-state index contributed by atoms with van der Waals surface area (Å²) in [6, 6.07) is 3.84. The lowest BCUT2D eigenvalue weighted by molar-refractivity contribution is -0.136. The quantitative estimate of drug-likeness (QED) is 0.0754. The van der Waals surface area contributed by atoms with E-state index in [9.17, 15) is 19.8 Å². The summed E-state index contributed by atoms with van der Waals surface area (Å²) in [5, 5.41) is 23.7. The van der Waals surface area contributed by atoms with Crippen LogP contribution in [0.1, 0.15) is 96.8 Å². The molecule has 0 spiro atoms. The second-order valence-electron chi connectivity index (χ2n) is 8.35. The number of allylic oxidation sites excluding steroid dienone is 2. The van der Waals surface area contributed by atoms with Crippen molar-refractivity contribution in [1.82, 2.24) is 5.32 Å². The standard InChI is InChI=1S/C26H42N2O4/c1-2-3-4-5-6-7-8-9-10-11-12-13-14-15-16-17-20-27-25(31)26(32)28-22-18-19-23(29)24(30)21-22/h9-10,18-19,21,29-30H,2-8,11-17,20H2,1H3,(H,27,31)(H,28,32). The van der Waals surface area contributed by atoms with E-state index in [1.807, 2.05) is 0 Å². The molecule has 1 rings (SSSR count). The van der Waals surface area contributed by atoms with Gasteiger partial charge in [-0.05, 0) is 44.2 Å². The van der Waals surface area contributed by atoms with Gasteiger partial charge in [0.05, 0.1) is 0 Å². The summed E-state index contributed by atoms with van der Waals surface area (Å²) < 4.78 is 0. The highest BCUT2D eigenvalue weighted by molar-refractivity contribution is 6.39. The van der Waals surface area contributed by atoms with Gasteiger partial charge in [-0.1, -0.05) is 76.9 Å². The van der Waals surface area contributed by atoms with Gasteiger partial charge < -0.3 is 20.8 Å². The van der Waals surface area contributed by atoms with Gasteiger partial charge in [-0.25, -0.2) is 0 Å². The lowest BCUT2D eigenvalue weighted by atomic mass is 10.1. The zero-order chi connectivity index (χ0) is 23.4. The Morgan fingerprint density at radius 2 is 1.31 bits per heavy atom. The van der Waals surface area contributed by atoms with Crippen molar-refractivity contribution >= 4 is 17.5 Å². The van der Waals surface area contributed by atoms with Crippen LogP contribution < -0.4 is 10.6 Å². The van der Waals surface area contributed by atoms with Crippen LogP contribution in [-0.2, 0) is 9.59 Å². The monoisotopic (exact) mass is 446 g/mol. The molecule has 180 valence electrons. The van der Waals surface area contributed by atoms with E-state index in [-0.39, 0.29) is 17.2 Å². The van der Waals surface area contributed by atoms with Crippen molar-refractivity contribution in [2.24, 2.45) is 0 Å². The number of rotatable bonds is 17. The first-order valence-electron chi connectivity index (χ1n) is 12.3. The second-order valence-corrected chi connectivity index (χ2v) is 8.35. The van der Waals surface area contributed by atoms with Crippen LogP contribution in [0, 0.1) is 0 Å². The van der Waals surface area contributed by atoms with Crippen LogP contribution in [0.5, 0.6) is 11.5 Å². The van der Waals surface area contributed by atoms with Crippen LogP contribution in [0.15, 0.2) is 30.4 Å². The molecule has 0 saturated heterocycles. The molecule has 0 aliphatic heterocycles. The molecule has 0 saturated carbocycles. The zero-order valence-electron chi connectivity index (χ0n) is 19.7. The number of hydrogen-bond donors (Lipinski definition) is 4. The van der Waals surface area contributed by atoms with E-state index in [1.54, 1.807) is 0 Å². The fourth-order valence-corrected chi connectivity index (χ4v) is 3.44. The van der Waals surface area contributed by atoms with E-state index >= 15 is 0 Å². The third kappa shape index (κ3) is 13.7. The molecule has 1 aromatic rings. The minimum atomic E-state index is -0.792. The number of carbonyl (C=O) groups is 2. The molecule has 0 bridgehead atoms. The second kappa shape index (κ2) is 18.1. The van der Waals surface area contributed by atoms with E-state index in [4.69, 9.17) is 0 Å². The minimum absolute atomic E-state index is 0.248. The number of nitrogens with one attached hydrogen (secondary N) is 2. The van der Waals surface area contributed by atoms with Gasteiger partial charge in [0.15, 0.2) is 11.5 Å². The number of aromatic hydroxyl groups is 2. The fraction of sp³-hybridized carbons (Fsp3) is 0.615. The van der Waals surface area contributed by atoms with Crippen LogP contribution >= 0.6 is 0 Å². The Morgan fingerprint density at radius 3 is 1.91 bits per heavy atom. The SMILES string of the molecule is CCCCCCCCC=CCCCCCCCCNC(=O)C(=O)Nc1ccc(O)c(O)c1. The predicted octanol–water partition coefficient (Wildman–Crippen LogP) is 6.19. The molecule has 0 aliphatic rings. The van der Waals surface area contributed by atoms with E-state index < -0.39 is 11.8 Å². The van der Waals surface area contributed by atoms with Crippen molar-refractivity contribution in [3.8, 4) is 11.5 Å². The highest BCUT2D eigenvalue weighted by atomic mass is 16.3. The summed E-state index contributed by atoms with van der Waals surface area (Å²) in [6.07, 6.45) is 21.8. The van der Waals surface area contributed by atoms with Crippen molar-refractivity contribution in [1.29, 1.82) is 0 Å². The molecule has 32 heavy (non-hydrogen) atoms. The number of benzene rings is 1. The molecule has 1 aromatic carbocycles. The normalized spacial score (nSPS) is 11.0. The fourth-order valence-electron chi connectivity index (χ4n) is 3.44. The Kier molecular flexibility index (Phi) is 15.6. The number of hydrogen-bond acceptors (Lipinski definition) is 4. The van der Waals surface area contributed by atoms with Gasteiger partial charge in [0.2, 0.25) is 0 Å². The van der Waals surface area contributed by atoms with Gasteiger partial charge >= 0.3 is 11.8 Å². The molecule has 0 atom stereocenters. The van der Waals surface area contributed by atoms with E-state index in [0.29, 0.717) is 6.54 Å². The number of anilines is 1. The lowest BCUT2D eigenvalue weighted by Crippen LogP contribution is -2.35. The molecule has 6 heteroatoms. The highest BCUT2D eigenvalue weighted by Crippen LogP contribution is 2.27. The summed E-state index contributed by atoms with van der Waals surface area (Å²) in [5.74, 6) is -2.13. The molecule has 0 aromatic heterocycles. The summed E-state index contributed by atoms with van der Waals surface area (Å²) in [4.78, 5) is 23.7. The number of amides is 2. The van der Waals surface area contributed by atoms with E-state index in [0.717, 1.165) is 19.3 Å². The van der Waals surface area contributed by atoms with Gasteiger partial charge in [-0.2, -0.15) is 0 Å². The third-order valence-corrected chi connectivity index (χ3v) is 5.41. The summed E-state index contributed by atoms with van der Waals surface area (Å²) in [6.45, 7) is 2.72. The number of phenols is 2. The third-order valence-electron chi connectivity index (χ3n) is 5.41. The van der Waals surface area contributed by atoms with Gasteiger partial charge in [-0.3, -0.25) is 9.59 Å². The summed E-state index contributed by atoms with van der Waals surface area (Å²) in [7, 11) is 0. The lowest BCUT2D eigenvalue weighted by Gasteiger charge is -2.07. The Balaban J connectivity index is 1.92. The first-order valence-corrected chi connectivity index (χ1v) is 12.3. The highest BCUT2D eigenvalue weighted by Gasteiger charge is 2.13. The average molecular weight is 447 g/mol. The first kappa shape index (κ1) is 27.5. The maximum Gasteiger partial charge on any atom is 0.313 e. The molecular formula is C26H42N2O4. The summed E-state index contributed by atoms with van der Waals surface area (Å²) in [5.41, 5.74) is 0.248.